The van der Waals surface area contributed by atoms with E-state index in [9.17, 15) is 9.59 Å². The molecule has 5 heteroatoms. The lowest BCUT2D eigenvalue weighted by Gasteiger charge is -2.08. The number of methoxy groups -OCH3 is 2. The number of hydrogen-bond acceptors (Lipinski definition) is 4. The molecule has 0 heterocycles. The second kappa shape index (κ2) is 7.22. The Kier molecular flexibility index (Phi) is 5.33. The molecule has 0 saturated carbocycles. The monoisotopic (exact) mass is 362 g/mol. The van der Waals surface area contributed by atoms with Gasteiger partial charge in [0.25, 0.3) is 0 Å². The van der Waals surface area contributed by atoms with Gasteiger partial charge in [-0.2, -0.15) is 0 Å². The maximum Gasteiger partial charge on any atom is 0.233 e. The summed E-state index contributed by atoms with van der Waals surface area (Å²) >= 11 is 3.34. The summed E-state index contributed by atoms with van der Waals surface area (Å²) in [5, 5.41) is 0.699. The van der Waals surface area contributed by atoms with Crippen molar-refractivity contribution in [2.45, 2.75) is 5.33 Å². The highest BCUT2D eigenvalue weighted by Gasteiger charge is 2.19. The lowest BCUT2D eigenvalue weighted by atomic mass is 10.0. The highest BCUT2D eigenvalue weighted by Crippen LogP contribution is 2.28. The van der Waals surface area contributed by atoms with Gasteiger partial charge in [0.05, 0.1) is 14.2 Å². The number of ether oxygens (including phenoxy) is 2. The van der Waals surface area contributed by atoms with Crippen LogP contribution < -0.4 is 9.47 Å². The molecule has 0 aliphatic rings. The summed E-state index contributed by atoms with van der Waals surface area (Å²) in [6.07, 6.45) is 0. The fourth-order valence-electron chi connectivity index (χ4n) is 1.98. The van der Waals surface area contributed by atoms with Gasteiger partial charge in [0, 0.05) is 16.5 Å². The minimum atomic E-state index is -0.576. The Bertz CT molecular complexity index is 692. The molecule has 0 aliphatic carbocycles. The first-order valence-corrected chi connectivity index (χ1v) is 7.68. The van der Waals surface area contributed by atoms with E-state index in [1.807, 2.05) is 12.1 Å². The van der Waals surface area contributed by atoms with Crippen molar-refractivity contribution in [3.05, 3.63) is 59.2 Å². The smallest absolute Gasteiger partial charge is 0.233 e. The summed E-state index contributed by atoms with van der Waals surface area (Å²) < 4.78 is 10.3. The van der Waals surface area contributed by atoms with Crippen LogP contribution in [0.2, 0.25) is 0 Å². The van der Waals surface area contributed by atoms with Crippen molar-refractivity contribution < 1.29 is 19.1 Å². The average molecular weight is 363 g/mol. The molecule has 2 aromatic carbocycles. The Balaban J connectivity index is 2.28. The summed E-state index contributed by atoms with van der Waals surface area (Å²) in [4.78, 5) is 24.6. The second-order valence-electron chi connectivity index (χ2n) is 4.56. The molecule has 0 amide bonds. The van der Waals surface area contributed by atoms with Crippen molar-refractivity contribution in [1.82, 2.24) is 0 Å². The highest BCUT2D eigenvalue weighted by molar-refractivity contribution is 9.08. The fourth-order valence-corrected chi connectivity index (χ4v) is 2.36. The Morgan fingerprint density at radius 2 is 1.41 bits per heavy atom. The number of halogens is 1. The maximum absolute atomic E-state index is 12.3. The van der Waals surface area contributed by atoms with Gasteiger partial charge < -0.3 is 9.47 Å². The third kappa shape index (κ3) is 3.36. The number of ketones is 2. The third-order valence-corrected chi connectivity index (χ3v) is 3.87. The van der Waals surface area contributed by atoms with Gasteiger partial charge >= 0.3 is 0 Å². The van der Waals surface area contributed by atoms with Crippen molar-refractivity contribution in [2.24, 2.45) is 0 Å². The first-order chi connectivity index (χ1) is 10.6. The number of alkyl halides is 1. The zero-order chi connectivity index (χ0) is 16.1. The van der Waals surface area contributed by atoms with E-state index < -0.39 is 11.6 Å². The lowest BCUT2D eigenvalue weighted by Crippen LogP contribution is -2.14. The van der Waals surface area contributed by atoms with Crippen LogP contribution >= 0.6 is 15.9 Å². The predicted octanol–water partition coefficient (Wildman–Crippen LogP) is 3.66. The summed E-state index contributed by atoms with van der Waals surface area (Å²) in [5.41, 5.74) is 1.67. The van der Waals surface area contributed by atoms with Crippen LogP contribution in [0.15, 0.2) is 42.5 Å². The number of hydrogen-bond donors (Lipinski definition) is 0. The van der Waals surface area contributed by atoms with E-state index in [2.05, 4.69) is 15.9 Å². The quantitative estimate of drug-likeness (QED) is 0.447. The zero-order valence-electron chi connectivity index (χ0n) is 12.3. The van der Waals surface area contributed by atoms with Crippen LogP contribution in [0.25, 0.3) is 0 Å². The van der Waals surface area contributed by atoms with Crippen molar-refractivity contribution in [2.75, 3.05) is 14.2 Å². The van der Waals surface area contributed by atoms with Gasteiger partial charge in [-0.1, -0.05) is 40.2 Å². The molecule has 2 rings (SSSR count). The molecular formula is C17H15BrO4. The normalized spacial score (nSPS) is 10.1. The van der Waals surface area contributed by atoms with Crippen LogP contribution in [-0.4, -0.2) is 25.8 Å². The predicted molar refractivity (Wildman–Crippen MR) is 87.3 cm³/mol. The minimum Gasteiger partial charge on any atom is -0.493 e. The van der Waals surface area contributed by atoms with Crippen LogP contribution in [0.5, 0.6) is 11.5 Å². The number of benzene rings is 2. The summed E-state index contributed by atoms with van der Waals surface area (Å²) in [7, 11) is 2.99. The van der Waals surface area contributed by atoms with E-state index in [4.69, 9.17) is 9.47 Å². The number of rotatable bonds is 6. The SMILES string of the molecule is COc1ccc(C(=O)C(=O)c2ccc(CBr)cc2)cc1OC. The zero-order valence-corrected chi connectivity index (χ0v) is 13.8. The van der Waals surface area contributed by atoms with E-state index in [0.717, 1.165) is 5.56 Å². The van der Waals surface area contributed by atoms with Gasteiger partial charge in [-0.05, 0) is 23.8 Å². The molecule has 0 saturated heterocycles. The first kappa shape index (κ1) is 16.2. The topological polar surface area (TPSA) is 52.6 Å². The van der Waals surface area contributed by atoms with Crippen LogP contribution in [0.3, 0.4) is 0 Å². The van der Waals surface area contributed by atoms with Crippen molar-refractivity contribution in [3.8, 4) is 11.5 Å². The molecule has 0 aliphatic heterocycles. The molecule has 0 spiro atoms. The van der Waals surface area contributed by atoms with Crippen molar-refractivity contribution in [1.29, 1.82) is 0 Å². The fraction of sp³-hybridized carbons (Fsp3) is 0.176. The van der Waals surface area contributed by atoms with Crippen LogP contribution in [0, 0.1) is 0 Å². The Labute approximate surface area is 137 Å². The van der Waals surface area contributed by atoms with Gasteiger partial charge in [-0.25, -0.2) is 0 Å². The first-order valence-electron chi connectivity index (χ1n) is 6.56. The largest absolute Gasteiger partial charge is 0.493 e. The number of carbonyl (C=O) groups is 2. The van der Waals surface area contributed by atoms with E-state index in [0.29, 0.717) is 22.4 Å². The van der Waals surface area contributed by atoms with Crippen LogP contribution in [-0.2, 0) is 5.33 Å². The summed E-state index contributed by atoms with van der Waals surface area (Å²) in [6, 6.07) is 11.6. The summed E-state index contributed by atoms with van der Waals surface area (Å²) in [5.74, 6) is -0.204. The van der Waals surface area contributed by atoms with Gasteiger partial charge in [0.15, 0.2) is 11.5 Å². The summed E-state index contributed by atoms with van der Waals surface area (Å²) in [6.45, 7) is 0. The number of Topliss-reactive ketones (excluding diaryl/α,β-unsaturated/α-hetero) is 2. The van der Waals surface area contributed by atoms with E-state index >= 15 is 0 Å². The molecule has 4 nitrogen and oxygen atoms in total. The molecule has 22 heavy (non-hydrogen) atoms. The molecule has 0 unspecified atom stereocenters. The standard InChI is InChI=1S/C17H15BrO4/c1-21-14-8-7-13(9-15(14)22-2)17(20)16(19)12-5-3-11(10-18)4-6-12/h3-9H,10H2,1-2H3. The maximum atomic E-state index is 12.3. The van der Waals surface area contributed by atoms with Crippen LogP contribution in [0.4, 0.5) is 0 Å². The van der Waals surface area contributed by atoms with Gasteiger partial charge in [-0.15, -0.1) is 0 Å². The molecule has 0 fully saturated rings. The average Bonchev–Trinajstić information content (AvgIpc) is 2.59. The van der Waals surface area contributed by atoms with E-state index in [1.54, 1.807) is 24.3 Å². The number of carbonyl (C=O) groups excluding carboxylic acids is 2. The van der Waals surface area contributed by atoms with E-state index in [1.165, 1.54) is 20.3 Å². The minimum absolute atomic E-state index is 0.271. The Morgan fingerprint density at radius 1 is 0.864 bits per heavy atom. The second-order valence-corrected chi connectivity index (χ2v) is 5.12. The molecule has 0 atom stereocenters. The van der Waals surface area contributed by atoms with Crippen LogP contribution in [0.1, 0.15) is 26.3 Å². The molecule has 0 aromatic heterocycles. The van der Waals surface area contributed by atoms with Crippen molar-refractivity contribution >= 4 is 27.5 Å². The highest BCUT2D eigenvalue weighted by atomic mass is 79.9. The van der Waals surface area contributed by atoms with Gasteiger partial charge in [0.2, 0.25) is 11.6 Å². The van der Waals surface area contributed by atoms with Gasteiger partial charge in [0.1, 0.15) is 0 Å². The molecule has 0 N–H and O–H groups in total. The van der Waals surface area contributed by atoms with E-state index in [-0.39, 0.29) is 5.56 Å². The van der Waals surface area contributed by atoms with Crippen molar-refractivity contribution in [3.63, 3.8) is 0 Å². The molecular weight excluding hydrogens is 348 g/mol. The Hall–Kier alpha value is -2.14. The Morgan fingerprint density at radius 3 is 1.95 bits per heavy atom. The third-order valence-electron chi connectivity index (χ3n) is 3.22. The molecule has 2 aromatic rings. The molecule has 0 bridgehead atoms. The molecule has 114 valence electrons. The van der Waals surface area contributed by atoms with Gasteiger partial charge in [-0.3, -0.25) is 9.59 Å². The lowest BCUT2D eigenvalue weighted by molar-refractivity contribution is 0.0816. The molecule has 0 radical (unpaired) electrons.